The summed E-state index contributed by atoms with van der Waals surface area (Å²) in [6.07, 6.45) is 3.38. The average Bonchev–Trinajstić information content (AvgIpc) is 2.52. The van der Waals surface area contributed by atoms with Crippen molar-refractivity contribution in [3.63, 3.8) is 0 Å². The van der Waals surface area contributed by atoms with E-state index in [1.54, 1.807) is 12.4 Å². The van der Waals surface area contributed by atoms with Crippen molar-refractivity contribution in [2.45, 2.75) is 0 Å². The quantitative estimate of drug-likeness (QED) is 0.559. The highest BCUT2D eigenvalue weighted by Crippen LogP contribution is 2.32. The second-order valence-corrected chi connectivity index (χ2v) is 5.95. The molecule has 0 aliphatic rings. The molecular weight excluding hydrogens is 399 g/mol. The lowest BCUT2D eigenvalue weighted by Gasteiger charge is -2.08. The molecule has 0 saturated carbocycles. The molecule has 21 heavy (non-hydrogen) atoms. The average molecular weight is 409 g/mol. The maximum absolute atomic E-state index is 6.28. The number of hydrogen-bond acceptors (Lipinski definition) is 3. The van der Waals surface area contributed by atoms with Crippen LogP contribution in [0.4, 0.5) is 0 Å². The van der Waals surface area contributed by atoms with Gasteiger partial charge < -0.3 is 4.74 Å². The Kier molecular flexibility index (Phi) is 4.36. The van der Waals surface area contributed by atoms with Crippen LogP contribution in [0, 0.1) is 3.57 Å². The van der Waals surface area contributed by atoms with Crippen molar-refractivity contribution in [2.24, 2.45) is 0 Å². The predicted molar refractivity (Wildman–Crippen MR) is 91.7 cm³/mol. The molecule has 0 radical (unpaired) electrons. The second kappa shape index (κ2) is 6.41. The third-order valence-corrected chi connectivity index (χ3v) is 3.69. The number of rotatable bonds is 3. The first-order chi connectivity index (χ1) is 10.2. The normalized spacial score (nSPS) is 10.4. The molecule has 1 aromatic heterocycles. The van der Waals surface area contributed by atoms with Gasteiger partial charge in [-0.3, -0.25) is 0 Å². The minimum Gasteiger partial charge on any atom is -0.423 e. The van der Waals surface area contributed by atoms with Gasteiger partial charge in [0.05, 0.1) is 5.02 Å². The van der Waals surface area contributed by atoms with E-state index in [0.717, 1.165) is 14.7 Å². The first kappa shape index (κ1) is 14.3. The maximum Gasteiger partial charge on any atom is 0.321 e. The molecule has 3 rings (SSSR count). The van der Waals surface area contributed by atoms with Crippen LogP contribution in [0.1, 0.15) is 0 Å². The molecule has 0 unspecified atom stereocenters. The first-order valence-electron chi connectivity index (χ1n) is 6.23. The highest BCUT2D eigenvalue weighted by molar-refractivity contribution is 14.1. The molecule has 0 amide bonds. The van der Waals surface area contributed by atoms with Crippen molar-refractivity contribution >= 4 is 34.2 Å². The van der Waals surface area contributed by atoms with Gasteiger partial charge in [-0.15, -0.1) is 0 Å². The zero-order valence-corrected chi connectivity index (χ0v) is 13.7. The van der Waals surface area contributed by atoms with Crippen LogP contribution < -0.4 is 4.74 Å². The van der Waals surface area contributed by atoms with Gasteiger partial charge in [-0.25, -0.2) is 9.97 Å². The summed E-state index contributed by atoms with van der Waals surface area (Å²) in [6, 6.07) is 16.0. The zero-order valence-electron chi connectivity index (χ0n) is 10.8. The summed E-state index contributed by atoms with van der Waals surface area (Å²) in [5.41, 5.74) is 2.15. The number of hydrogen-bond donors (Lipinski definition) is 0. The van der Waals surface area contributed by atoms with E-state index in [2.05, 4.69) is 32.6 Å². The molecule has 104 valence electrons. The van der Waals surface area contributed by atoms with Crippen molar-refractivity contribution in [1.82, 2.24) is 9.97 Å². The third-order valence-electron chi connectivity index (χ3n) is 2.84. The van der Waals surface area contributed by atoms with E-state index in [4.69, 9.17) is 16.3 Å². The summed E-state index contributed by atoms with van der Waals surface area (Å²) in [7, 11) is 0. The Labute approximate surface area is 141 Å². The SMILES string of the molecule is Clc1cc(-c2ccccc2)ccc1Oc1ncc(I)cn1. The molecule has 0 N–H and O–H groups in total. The summed E-state index contributed by atoms with van der Waals surface area (Å²) in [5, 5.41) is 0.526. The minimum atomic E-state index is 0.282. The van der Waals surface area contributed by atoms with Crippen LogP contribution in [0.5, 0.6) is 11.8 Å². The zero-order chi connectivity index (χ0) is 14.7. The van der Waals surface area contributed by atoms with E-state index < -0.39 is 0 Å². The Morgan fingerprint density at radius 1 is 0.905 bits per heavy atom. The van der Waals surface area contributed by atoms with Gasteiger partial charge in [0, 0.05) is 16.0 Å². The van der Waals surface area contributed by atoms with Crippen molar-refractivity contribution in [3.8, 4) is 22.9 Å². The van der Waals surface area contributed by atoms with Crippen LogP contribution in [0.2, 0.25) is 5.02 Å². The van der Waals surface area contributed by atoms with E-state index in [9.17, 15) is 0 Å². The fourth-order valence-corrected chi connectivity index (χ4v) is 2.34. The van der Waals surface area contributed by atoms with Crippen LogP contribution in [0.15, 0.2) is 60.9 Å². The lowest BCUT2D eigenvalue weighted by molar-refractivity contribution is 0.441. The van der Waals surface area contributed by atoms with Crippen LogP contribution in [-0.4, -0.2) is 9.97 Å². The van der Waals surface area contributed by atoms with Crippen LogP contribution in [-0.2, 0) is 0 Å². The van der Waals surface area contributed by atoms with Gasteiger partial charge in [-0.05, 0) is 45.9 Å². The largest absolute Gasteiger partial charge is 0.423 e. The molecule has 1 heterocycles. The molecule has 3 aromatic rings. The summed E-state index contributed by atoms with van der Waals surface area (Å²) in [4.78, 5) is 8.19. The minimum absolute atomic E-state index is 0.282. The van der Waals surface area contributed by atoms with Gasteiger partial charge in [-0.2, -0.15) is 0 Å². The molecule has 0 atom stereocenters. The van der Waals surface area contributed by atoms with E-state index in [0.29, 0.717) is 10.8 Å². The Morgan fingerprint density at radius 3 is 2.29 bits per heavy atom. The van der Waals surface area contributed by atoms with E-state index in [1.807, 2.05) is 48.5 Å². The Hall–Kier alpha value is -1.66. The highest BCUT2D eigenvalue weighted by atomic mass is 127. The topological polar surface area (TPSA) is 35.0 Å². The fourth-order valence-electron chi connectivity index (χ4n) is 1.85. The van der Waals surface area contributed by atoms with Gasteiger partial charge in [0.2, 0.25) is 0 Å². The van der Waals surface area contributed by atoms with Crippen molar-refractivity contribution in [1.29, 1.82) is 0 Å². The molecule has 0 fully saturated rings. The Bertz CT molecular complexity index is 748. The Balaban J connectivity index is 1.86. The van der Waals surface area contributed by atoms with Crippen molar-refractivity contribution < 1.29 is 4.74 Å². The predicted octanol–water partition coefficient (Wildman–Crippen LogP) is 5.19. The number of ether oxygens (including phenoxy) is 1. The molecular formula is C16H10ClIN2O. The molecule has 2 aromatic carbocycles. The molecule has 5 heteroatoms. The van der Waals surface area contributed by atoms with Gasteiger partial charge >= 0.3 is 6.01 Å². The lowest BCUT2D eigenvalue weighted by Crippen LogP contribution is -1.92. The summed E-state index contributed by atoms with van der Waals surface area (Å²) in [5.74, 6) is 0.539. The van der Waals surface area contributed by atoms with Gasteiger partial charge in [0.15, 0.2) is 0 Å². The van der Waals surface area contributed by atoms with Gasteiger partial charge in [-0.1, -0.05) is 48.0 Å². The molecule has 0 aliphatic carbocycles. The highest BCUT2D eigenvalue weighted by Gasteiger charge is 2.07. The van der Waals surface area contributed by atoms with Gasteiger partial charge in [0.1, 0.15) is 5.75 Å². The summed E-state index contributed by atoms with van der Waals surface area (Å²) < 4.78 is 6.55. The van der Waals surface area contributed by atoms with Crippen molar-refractivity contribution in [2.75, 3.05) is 0 Å². The smallest absolute Gasteiger partial charge is 0.321 e. The first-order valence-corrected chi connectivity index (χ1v) is 7.68. The standard InChI is InChI=1S/C16H10ClIN2O/c17-14-8-12(11-4-2-1-3-5-11)6-7-15(14)21-16-19-9-13(18)10-20-16/h1-10H. The molecule has 3 nitrogen and oxygen atoms in total. The monoisotopic (exact) mass is 408 g/mol. The van der Waals surface area contributed by atoms with E-state index in [-0.39, 0.29) is 6.01 Å². The maximum atomic E-state index is 6.28. The number of aromatic nitrogens is 2. The summed E-state index contributed by atoms with van der Waals surface area (Å²) >= 11 is 8.42. The van der Waals surface area contributed by atoms with E-state index in [1.165, 1.54) is 0 Å². The number of benzene rings is 2. The number of halogens is 2. The van der Waals surface area contributed by atoms with Crippen LogP contribution >= 0.6 is 34.2 Å². The lowest BCUT2D eigenvalue weighted by atomic mass is 10.1. The van der Waals surface area contributed by atoms with Crippen LogP contribution in [0.25, 0.3) is 11.1 Å². The van der Waals surface area contributed by atoms with Crippen molar-refractivity contribution in [3.05, 3.63) is 69.5 Å². The van der Waals surface area contributed by atoms with E-state index >= 15 is 0 Å². The van der Waals surface area contributed by atoms with Crippen LogP contribution in [0.3, 0.4) is 0 Å². The number of nitrogens with zero attached hydrogens (tertiary/aromatic N) is 2. The molecule has 0 spiro atoms. The second-order valence-electron chi connectivity index (χ2n) is 4.30. The summed E-state index contributed by atoms with van der Waals surface area (Å²) in [6.45, 7) is 0. The fraction of sp³-hybridized carbons (Fsp3) is 0. The molecule has 0 aliphatic heterocycles. The molecule has 0 saturated heterocycles. The Morgan fingerprint density at radius 2 is 1.62 bits per heavy atom. The van der Waals surface area contributed by atoms with Gasteiger partial charge in [0.25, 0.3) is 0 Å². The molecule has 0 bridgehead atoms. The third kappa shape index (κ3) is 3.51.